The molecule has 1 unspecified atom stereocenters. The highest BCUT2D eigenvalue weighted by molar-refractivity contribution is 7.71. The van der Waals surface area contributed by atoms with E-state index < -0.39 is 0 Å². The van der Waals surface area contributed by atoms with Gasteiger partial charge in [0.25, 0.3) is 0 Å². The molecule has 2 N–H and O–H groups in total. The number of aryl methyl sites for hydroxylation is 1. The molecule has 1 amide bonds. The number of carbonyl (C=O) groups excluding carboxylic acids is 1. The summed E-state index contributed by atoms with van der Waals surface area (Å²) in [7, 11) is 0. The van der Waals surface area contributed by atoms with Crippen LogP contribution in [0.2, 0.25) is 0 Å². The molecular formula is C19H22N4OS2. The maximum atomic E-state index is 12.4. The Hall–Kier alpha value is -2.25. The number of hydrogen-bond acceptors (Lipinski definition) is 4. The summed E-state index contributed by atoms with van der Waals surface area (Å²) in [5, 5.41) is 12.2. The van der Waals surface area contributed by atoms with E-state index in [0.29, 0.717) is 17.7 Å². The molecule has 0 saturated carbocycles. The number of aromatic amines is 1. The maximum absolute atomic E-state index is 12.4. The van der Waals surface area contributed by atoms with Crippen LogP contribution < -0.4 is 5.32 Å². The van der Waals surface area contributed by atoms with Crippen LogP contribution in [0.25, 0.3) is 10.7 Å². The lowest BCUT2D eigenvalue weighted by molar-refractivity contribution is -0.121. The van der Waals surface area contributed by atoms with Crippen LogP contribution in [0, 0.1) is 4.77 Å². The summed E-state index contributed by atoms with van der Waals surface area (Å²) in [6.45, 7) is 4.63. The Morgan fingerprint density at radius 3 is 2.77 bits per heavy atom. The highest BCUT2D eigenvalue weighted by Crippen LogP contribution is 2.23. The van der Waals surface area contributed by atoms with Gasteiger partial charge in [-0.25, -0.2) is 0 Å². The lowest BCUT2D eigenvalue weighted by atomic mass is 10.0. The molecule has 0 bridgehead atoms. The van der Waals surface area contributed by atoms with Gasteiger partial charge in [-0.15, -0.1) is 11.3 Å². The first-order valence-corrected chi connectivity index (χ1v) is 9.94. The molecule has 26 heavy (non-hydrogen) atoms. The summed E-state index contributed by atoms with van der Waals surface area (Å²) in [5.41, 5.74) is 2.40. The summed E-state index contributed by atoms with van der Waals surface area (Å²) in [5.74, 6) is 0.776. The van der Waals surface area contributed by atoms with E-state index in [1.807, 2.05) is 29.0 Å². The van der Waals surface area contributed by atoms with Gasteiger partial charge in [0.05, 0.1) is 10.9 Å². The SMILES string of the molecule is CCc1ccc(C(C)NC(=O)CCn2c(-c3cccs3)n[nH]c2=S)cc1. The fraction of sp³-hybridized carbons (Fsp3) is 0.316. The van der Waals surface area contributed by atoms with Crippen LogP contribution >= 0.6 is 23.6 Å². The van der Waals surface area contributed by atoms with Gasteiger partial charge in [-0.2, -0.15) is 5.10 Å². The van der Waals surface area contributed by atoms with E-state index >= 15 is 0 Å². The Labute approximate surface area is 162 Å². The first-order chi connectivity index (χ1) is 12.6. The molecule has 5 nitrogen and oxygen atoms in total. The van der Waals surface area contributed by atoms with Crippen LogP contribution in [0.4, 0.5) is 0 Å². The molecule has 0 spiro atoms. The minimum Gasteiger partial charge on any atom is -0.350 e. The van der Waals surface area contributed by atoms with E-state index in [2.05, 4.69) is 46.7 Å². The monoisotopic (exact) mass is 386 g/mol. The number of benzene rings is 1. The van der Waals surface area contributed by atoms with Crippen molar-refractivity contribution in [1.82, 2.24) is 20.1 Å². The molecule has 0 fully saturated rings. The smallest absolute Gasteiger partial charge is 0.222 e. The van der Waals surface area contributed by atoms with Crippen LogP contribution in [0.1, 0.15) is 37.4 Å². The fourth-order valence-electron chi connectivity index (χ4n) is 2.77. The molecule has 136 valence electrons. The molecule has 1 aromatic carbocycles. The van der Waals surface area contributed by atoms with Gasteiger partial charge in [-0.3, -0.25) is 14.5 Å². The van der Waals surface area contributed by atoms with Crippen molar-refractivity contribution in [1.29, 1.82) is 0 Å². The van der Waals surface area contributed by atoms with Crippen LogP contribution in [-0.4, -0.2) is 20.7 Å². The zero-order valence-corrected chi connectivity index (χ0v) is 16.5. The van der Waals surface area contributed by atoms with Crippen molar-refractivity contribution in [3.8, 4) is 10.7 Å². The number of nitrogens with zero attached hydrogens (tertiary/aromatic N) is 2. The number of aromatic nitrogens is 3. The zero-order valence-electron chi connectivity index (χ0n) is 14.9. The van der Waals surface area contributed by atoms with Crippen molar-refractivity contribution in [2.75, 3.05) is 0 Å². The van der Waals surface area contributed by atoms with E-state index in [0.717, 1.165) is 22.7 Å². The van der Waals surface area contributed by atoms with Crippen molar-refractivity contribution in [3.05, 3.63) is 57.7 Å². The molecular weight excluding hydrogens is 364 g/mol. The van der Waals surface area contributed by atoms with Gasteiger partial charge in [0.1, 0.15) is 0 Å². The molecule has 0 aliphatic carbocycles. The van der Waals surface area contributed by atoms with E-state index in [1.165, 1.54) is 5.56 Å². The van der Waals surface area contributed by atoms with Crippen molar-refractivity contribution in [3.63, 3.8) is 0 Å². The maximum Gasteiger partial charge on any atom is 0.222 e. The predicted octanol–water partition coefficient (Wildman–Crippen LogP) is 4.50. The lowest BCUT2D eigenvalue weighted by Gasteiger charge is -2.15. The molecule has 0 radical (unpaired) electrons. The summed E-state index contributed by atoms with van der Waals surface area (Å²) >= 11 is 6.90. The highest BCUT2D eigenvalue weighted by Gasteiger charge is 2.13. The van der Waals surface area contributed by atoms with E-state index in [4.69, 9.17) is 12.2 Å². The van der Waals surface area contributed by atoms with E-state index in [1.54, 1.807) is 11.3 Å². The average Bonchev–Trinajstić information content (AvgIpc) is 3.29. The van der Waals surface area contributed by atoms with Crippen LogP contribution in [-0.2, 0) is 17.8 Å². The highest BCUT2D eigenvalue weighted by atomic mass is 32.1. The summed E-state index contributed by atoms with van der Waals surface area (Å²) < 4.78 is 2.41. The average molecular weight is 387 g/mol. The van der Waals surface area contributed by atoms with E-state index in [-0.39, 0.29) is 11.9 Å². The van der Waals surface area contributed by atoms with Crippen LogP contribution in [0.15, 0.2) is 41.8 Å². The minimum atomic E-state index is -0.0255. The number of H-pyrrole nitrogens is 1. The van der Waals surface area contributed by atoms with E-state index in [9.17, 15) is 4.79 Å². The molecule has 0 aliphatic heterocycles. The topological polar surface area (TPSA) is 62.7 Å². The first kappa shape index (κ1) is 18.5. The molecule has 1 atom stereocenters. The second kappa shape index (κ2) is 8.42. The van der Waals surface area contributed by atoms with Crippen molar-refractivity contribution < 1.29 is 4.79 Å². The Bertz CT molecular complexity index is 910. The summed E-state index contributed by atoms with van der Waals surface area (Å²) in [4.78, 5) is 13.4. The Morgan fingerprint density at radius 2 is 2.12 bits per heavy atom. The largest absolute Gasteiger partial charge is 0.350 e. The molecule has 2 aromatic heterocycles. The Morgan fingerprint density at radius 1 is 1.35 bits per heavy atom. The quantitative estimate of drug-likeness (QED) is 0.588. The second-order valence-electron chi connectivity index (χ2n) is 6.12. The third kappa shape index (κ3) is 4.28. The molecule has 7 heteroatoms. The van der Waals surface area contributed by atoms with Gasteiger partial charge in [-0.05, 0) is 48.1 Å². The standard InChI is InChI=1S/C19H22N4OS2/c1-3-14-6-8-15(9-7-14)13(2)20-17(24)10-11-23-18(21-22-19(23)25)16-5-4-12-26-16/h4-9,12-13H,3,10-11H2,1-2H3,(H,20,24)(H,22,25). The van der Waals surface area contributed by atoms with Crippen molar-refractivity contribution in [2.24, 2.45) is 0 Å². The molecule has 3 aromatic rings. The molecule has 0 aliphatic rings. The van der Waals surface area contributed by atoms with Gasteiger partial charge >= 0.3 is 0 Å². The minimum absolute atomic E-state index is 0.00250. The Balaban J connectivity index is 1.61. The third-order valence-corrected chi connectivity index (χ3v) is 5.51. The predicted molar refractivity (Wildman–Crippen MR) is 108 cm³/mol. The molecule has 2 heterocycles. The second-order valence-corrected chi connectivity index (χ2v) is 7.45. The Kier molecular flexibility index (Phi) is 6.00. The number of thiophene rings is 1. The number of nitrogens with one attached hydrogen (secondary N) is 2. The van der Waals surface area contributed by atoms with Gasteiger partial charge < -0.3 is 5.32 Å². The van der Waals surface area contributed by atoms with Gasteiger partial charge in [0, 0.05) is 13.0 Å². The normalized spacial score (nSPS) is 12.1. The lowest BCUT2D eigenvalue weighted by Crippen LogP contribution is -2.27. The van der Waals surface area contributed by atoms with Crippen molar-refractivity contribution >= 4 is 29.5 Å². The zero-order chi connectivity index (χ0) is 18.5. The summed E-state index contributed by atoms with van der Waals surface area (Å²) in [6, 6.07) is 12.3. The number of amides is 1. The third-order valence-electron chi connectivity index (χ3n) is 4.33. The van der Waals surface area contributed by atoms with Gasteiger partial charge in [0.2, 0.25) is 5.91 Å². The van der Waals surface area contributed by atoms with Gasteiger partial charge in [-0.1, -0.05) is 37.3 Å². The van der Waals surface area contributed by atoms with Crippen molar-refractivity contribution in [2.45, 2.75) is 39.3 Å². The summed E-state index contributed by atoms with van der Waals surface area (Å²) in [6.07, 6.45) is 1.36. The van der Waals surface area contributed by atoms with Crippen LogP contribution in [0.3, 0.4) is 0 Å². The number of hydrogen-bond donors (Lipinski definition) is 2. The molecule has 0 saturated heterocycles. The number of carbonyl (C=O) groups is 1. The van der Waals surface area contributed by atoms with Crippen LogP contribution in [0.5, 0.6) is 0 Å². The molecule has 3 rings (SSSR count). The fourth-order valence-corrected chi connectivity index (χ4v) is 3.72. The number of rotatable bonds is 7. The first-order valence-electron chi connectivity index (χ1n) is 8.65. The van der Waals surface area contributed by atoms with Gasteiger partial charge in [0.15, 0.2) is 10.6 Å².